The predicted molar refractivity (Wildman–Crippen MR) is 76.0 cm³/mol. The summed E-state index contributed by atoms with van der Waals surface area (Å²) in [5.41, 5.74) is 0.139. The number of nitrogens with one attached hydrogen (secondary N) is 1. The van der Waals surface area contributed by atoms with E-state index in [2.05, 4.69) is 4.72 Å². The van der Waals surface area contributed by atoms with Gasteiger partial charge in [0.15, 0.2) is 0 Å². The van der Waals surface area contributed by atoms with E-state index in [0.717, 1.165) is 0 Å². The van der Waals surface area contributed by atoms with Crippen LogP contribution in [0.5, 0.6) is 0 Å². The van der Waals surface area contributed by atoms with E-state index in [9.17, 15) is 18.0 Å². The van der Waals surface area contributed by atoms with Gasteiger partial charge < -0.3 is 14.4 Å². The highest BCUT2D eigenvalue weighted by Gasteiger charge is 2.31. The number of rotatable bonds is 4. The molecule has 1 fully saturated rings. The number of sulfonamides is 1. The number of aryl methyl sites for hydroxylation is 1. The zero-order chi connectivity index (χ0) is 16.5. The first-order valence-electron chi connectivity index (χ1n) is 6.82. The Morgan fingerprint density at radius 2 is 2.14 bits per heavy atom. The number of carbonyl (C=O) groups excluding carboxylic acids is 1. The molecular weight excluding hydrogens is 312 g/mol. The molecule has 0 radical (unpaired) electrons. The Labute approximate surface area is 128 Å². The Kier molecular flexibility index (Phi) is 4.57. The summed E-state index contributed by atoms with van der Waals surface area (Å²) in [6, 6.07) is 1.17. The highest BCUT2D eigenvalue weighted by Crippen LogP contribution is 2.23. The summed E-state index contributed by atoms with van der Waals surface area (Å²) in [4.78, 5) is 25.0. The number of nitrogens with zero attached hydrogens (tertiary/aromatic N) is 1. The summed E-state index contributed by atoms with van der Waals surface area (Å²) < 4.78 is 30.7. The number of carbonyl (C=O) groups is 2. The molecule has 1 aromatic heterocycles. The minimum absolute atomic E-state index is 0.118. The normalized spacial score (nSPS) is 19.2. The van der Waals surface area contributed by atoms with Crippen molar-refractivity contribution in [2.24, 2.45) is 5.92 Å². The summed E-state index contributed by atoms with van der Waals surface area (Å²) in [5.74, 6) is -1.74. The Morgan fingerprint density at radius 3 is 2.73 bits per heavy atom. The summed E-state index contributed by atoms with van der Waals surface area (Å²) in [6.45, 7) is 2.06. The molecule has 0 spiro atoms. The summed E-state index contributed by atoms with van der Waals surface area (Å²) in [7, 11) is -2.52. The lowest BCUT2D eigenvalue weighted by Gasteiger charge is -2.30. The first kappa shape index (κ1) is 16.5. The summed E-state index contributed by atoms with van der Waals surface area (Å²) >= 11 is 0. The standard InChI is InChI=1S/C13H18N2O6S/c1-8-10(6-11(21-8)22(19,20)14-2)12(16)15-5-3-4-9(7-15)13(17)18/h6,9,14H,3-5,7H2,1-2H3,(H,17,18). The van der Waals surface area contributed by atoms with Gasteiger partial charge in [0.05, 0.1) is 11.5 Å². The van der Waals surface area contributed by atoms with Crippen molar-refractivity contribution in [1.29, 1.82) is 0 Å². The lowest BCUT2D eigenvalue weighted by Crippen LogP contribution is -2.42. The van der Waals surface area contributed by atoms with Crippen LogP contribution < -0.4 is 4.72 Å². The number of aliphatic carboxylic acids is 1. The molecular formula is C13H18N2O6S. The largest absolute Gasteiger partial charge is 0.481 e. The van der Waals surface area contributed by atoms with E-state index >= 15 is 0 Å². The number of hydrogen-bond donors (Lipinski definition) is 2. The fraction of sp³-hybridized carbons (Fsp3) is 0.538. The maximum atomic E-state index is 12.5. The molecule has 1 aliphatic rings. The first-order chi connectivity index (χ1) is 10.3. The molecule has 8 nitrogen and oxygen atoms in total. The number of likely N-dealkylation sites (tertiary alicyclic amines) is 1. The van der Waals surface area contributed by atoms with Crippen molar-refractivity contribution >= 4 is 21.9 Å². The summed E-state index contributed by atoms with van der Waals surface area (Å²) in [5, 5.41) is 8.73. The average molecular weight is 330 g/mol. The second-order valence-electron chi connectivity index (χ2n) is 5.17. The van der Waals surface area contributed by atoms with Crippen LogP contribution >= 0.6 is 0 Å². The molecule has 2 rings (SSSR count). The first-order valence-corrected chi connectivity index (χ1v) is 8.30. The monoisotopic (exact) mass is 330 g/mol. The van der Waals surface area contributed by atoms with Gasteiger partial charge in [0, 0.05) is 19.2 Å². The minimum atomic E-state index is -3.77. The molecule has 2 heterocycles. The molecule has 1 amide bonds. The minimum Gasteiger partial charge on any atom is -0.481 e. The molecule has 2 N–H and O–H groups in total. The Hall–Kier alpha value is -1.87. The second kappa shape index (κ2) is 6.09. The molecule has 1 atom stereocenters. The van der Waals surface area contributed by atoms with Crippen LogP contribution in [0.3, 0.4) is 0 Å². The van der Waals surface area contributed by atoms with Crippen LogP contribution in [0.15, 0.2) is 15.6 Å². The topological polar surface area (TPSA) is 117 Å². The van der Waals surface area contributed by atoms with Crippen LogP contribution in [0.1, 0.15) is 29.0 Å². The zero-order valence-corrected chi connectivity index (χ0v) is 13.1. The van der Waals surface area contributed by atoms with E-state index in [4.69, 9.17) is 9.52 Å². The van der Waals surface area contributed by atoms with Crippen LogP contribution in [-0.4, -0.2) is 50.4 Å². The number of carboxylic acids is 1. The predicted octanol–water partition coefficient (Wildman–Crippen LogP) is 0.433. The van der Waals surface area contributed by atoms with Crippen molar-refractivity contribution in [3.8, 4) is 0 Å². The van der Waals surface area contributed by atoms with E-state index in [0.29, 0.717) is 19.4 Å². The number of carboxylic acid groups (broad SMARTS) is 1. The van der Waals surface area contributed by atoms with Crippen LogP contribution in [0.4, 0.5) is 0 Å². The van der Waals surface area contributed by atoms with E-state index in [1.807, 2.05) is 0 Å². The molecule has 22 heavy (non-hydrogen) atoms. The van der Waals surface area contributed by atoms with Gasteiger partial charge in [-0.3, -0.25) is 9.59 Å². The third-order valence-corrected chi connectivity index (χ3v) is 4.99. The maximum Gasteiger partial charge on any atom is 0.308 e. The molecule has 1 unspecified atom stereocenters. The van der Waals surface area contributed by atoms with Crippen molar-refractivity contribution in [2.75, 3.05) is 20.1 Å². The average Bonchev–Trinajstić information content (AvgIpc) is 2.89. The third kappa shape index (κ3) is 3.14. The molecule has 1 aliphatic heterocycles. The molecule has 122 valence electrons. The Balaban J connectivity index is 2.25. The lowest BCUT2D eigenvalue weighted by molar-refractivity contribution is -0.143. The van der Waals surface area contributed by atoms with Gasteiger partial charge in [0.2, 0.25) is 5.09 Å². The van der Waals surface area contributed by atoms with Gasteiger partial charge >= 0.3 is 5.97 Å². The number of furan rings is 1. The van der Waals surface area contributed by atoms with Gasteiger partial charge in [-0.25, -0.2) is 13.1 Å². The van der Waals surface area contributed by atoms with Crippen LogP contribution in [0, 0.1) is 12.8 Å². The van der Waals surface area contributed by atoms with Crippen molar-refractivity contribution < 1.29 is 27.5 Å². The highest BCUT2D eigenvalue weighted by atomic mass is 32.2. The maximum absolute atomic E-state index is 12.5. The van der Waals surface area contributed by atoms with Crippen LogP contribution in [0.25, 0.3) is 0 Å². The van der Waals surface area contributed by atoms with Gasteiger partial charge in [-0.1, -0.05) is 0 Å². The third-order valence-electron chi connectivity index (χ3n) is 3.72. The van der Waals surface area contributed by atoms with Gasteiger partial charge in [-0.05, 0) is 26.8 Å². The van der Waals surface area contributed by atoms with Gasteiger partial charge in [-0.15, -0.1) is 0 Å². The molecule has 0 aliphatic carbocycles. The van der Waals surface area contributed by atoms with E-state index in [1.165, 1.54) is 24.9 Å². The van der Waals surface area contributed by atoms with Crippen LogP contribution in [-0.2, 0) is 14.8 Å². The number of hydrogen-bond acceptors (Lipinski definition) is 5. The fourth-order valence-electron chi connectivity index (χ4n) is 2.43. The fourth-order valence-corrected chi connectivity index (χ4v) is 3.14. The van der Waals surface area contributed by atoms with Crippen molar-refractivity contribution in [2.45, 2.75) is 24.9 Å². The second-order valence-corrected chi connectivity index (χ2v) is 6.99. The Bertz CT molecular complexity index is 693. The van der Waals surface area contributed by atoms with Gasteiger partial charge in [0.25, 0.3) is 15.9 Å². The molecule has 0 saturated carbocycles. The van der Waals surface area contributed by atoms with Crippen molar-refractivity contribution in [3.05, 3.63) is 17.4 Å². The van der Waals surface area contributed by atoms with E-state index in [1.54, 1.807) is 0 Å². The highest BCUT2D eigenvalue weighted by molar-refractivity contribution is 7.89. The molecule has 9 heteroatoms. The number of piperidine rings is 1. The zero-order valence-electron chi connectivity index (χ0n) is 12.3. The molecule has 1 saturated heterocycles. The van der Waals surface area contributed by atoms with Gasteiger partial charge in [0.1, 0.15) is 5.76 Å². The lowest BCUT2D eigenvalue weighted by atomic mass is 9.98. The molecule has 0 bridgehead atoms. The Morgan fingerprint density at radius 1 is 1.45 bits per heavy atom. The summed E-state index contributed by atoms with van der Waals surface area (Å²) in [6.07, 6.45) is 1.13. The van der Waals surface area contributed by atoms with Crippen LogP contribution in [0.2, 0.25) is 0 Å². The molecule has 1 aromatic rings. The SMILES string of the molecule is CNS(=O)(=O)c1cc(C(=O)N2CCCC(C(=O)O)C2)c(C)o1. The van der Waals surface area contributed by atoms with Crippen molar-refractivity contribution in [3.63, 3.8) is 0 Å². The smallest absolute Gasteiger partial charge is 0.308 e. The quantitative estimate of drug-likeness (QED) is 0.827. The molecule has 0 aromatic carbocycles. The van der Waals surface area contributed by atoms with E-state index < -0.39 is 27.8 Å². The van der Waals surface area contributed by atoms with E-state index in [-0.39, 0.29) is 23.0 Å². The van der Waals surface area contributed by atoms with Crippen molar-refractivity contribution in [1.82, 2.24) is 9.62 Å². The van der Waals surface area contributed by atoms with Gasteiger partial charge in [-0.2, -0.15) is 0 Å². The number of amides is 1.